The molecule has 1 aromatic carbocycles. The Morgan fingerprint density at radius 3 is 2.19 bits per heavy atom. The maximum atomic E-state index is 12.4. The number of anilines is 1. The summed E-state index contributed by atoms with van der Waals surface area (Å²) in [5, 5.41) is 1.39. The van der Waals surface area contributed by atoms with Gasteiger partial charge in [0.25, 0.3) is 0 Å². The predicted molar refractivity (Wildman–Crippen MR) is 86.5 cm³/mol. The van der Waals surface area contributed by atoms with Crippen molar-refractivity contribution in [2.75, 3.05) is 44.2 Å². The van der Waals surface area contributed by atoms with Crippen molar-refractivity contribution in [1.29, 1.82) is 0 Å². The second-order valence-corrected chi connectivity index (χ2v) is 6.39. The van der Waals surface area contributed by atoms with Gasteiger partial charge < -0.3 is 14.7 Å². The third-order valence-corrected chi connectivity index (χ3v) is 4.73. The molecule has 0 unspecified atom stereocenters. The number of rotatable bonds is 1. The molecule has 0 aromatic heterocycles. The van der Waals surface area contributed by atoms with Gasteiger partial charge in [-0.05, 0) is 31.0 Å². The minimum absolute atomic E-state index is 0.185. The Bertz CT molecular complexity index is 524. The fourth-order valence-corrected chi connectivity index (χ4v) is 3.38. The van der Waals surface area contributed by atoms with Gasteiger partial charge in [0.15, 0.2) is 0 Å². The van der Waals surface area contributed by atoms with E-state index in [0.717, 1.165) is 57.8 Å². The van der Waals surface area contributed by atoms with E-state index in [9.17, 15) is 4.79 Å². The van der Waals surface area contributed by atoms with Crippen molar-refractivity contribution in [2.45, 2.75) is 12.8 Å². The number of halogens is 2. The molecule has 2 amide bonds. The number of amides is 2. The maximum Gasteiger partial charge on any atom is 0.320 e. The molecular weight excluding hydrogens is 309 g/mol. The van der Waals surface area contributed by atoms with Crippen LogP contribution in [-0.4, -0.2) is 55.1 Å². The summed E-state index contributed by atoms with van der Waals surface area (Å²) >= 11 is 12.3. The van der Waals surface area contributed by atoms with Gasteiger partial charge in [0.05, 0.1) is 10.7 Å². The Balaban J connectivity index is 1.62. The number of carbonyl (C=O) groups is 1. The summed E-state index contributed by atoms with van der Waals surface area (Å²) in [6.07, 6.45) is 2.26. The highest BCUT2D eigenvalue weighted by atomic mass is 35.5. The van der Waals surface area contributed by atoms with E-state index in [2.05, 4.69) is 4.90 Å². The first-order valence-corrected chi connectivity index (χ1v) is 8.14. The molecule has 2 aliphatic rings. The minimum Gasteiger partial charge on any atom is -0.367 e. The van der Waals surface area contributed by atoms with Gasteiger partial charge in [-0.1, -0.05) is 23.2 Å². The molecular formula is C15H19Cl2N3O. The topological polar surface area (TPSA) is 26.8 Å². The van der Waals surface area contributed by atoms with Crippen LogP contribution in [0, 0.1) is 0 Å². The number of carbonyl (C=O) groups excluding carboxylic acids is 1. The van der Waals surface area contributed by atoms with Crippen molar-refractivity contribution in [2.24, 2.45) is 0 Å². The molecule has 2 fully saturated rings. The van der Waals surface area contributed by atoms with Crippen LogP contribution in [0.2, 0.25) is 10.0 Å². The van der Waals surface area contributed by atoms with E-state index < -0.39 is 0 Å². The molecule has 0 bridgehead atoms. The van der Waals surface area contributed by atoms with Crippen LogP contribution >= 0.6 is 23.2 Å². The quantitative estimate of drug-likeness (QED) is 0.791. The summed E-state index contributed by atoms with van der Waals surface area (Å²) in [6.45, 7) is 4.86. The Labute approximate surface area is 135 Å². The molecule has 1 aromatic rings. The number of likely N-dealkylation sites (tertiary alicyclic amines) is 1. The van der Waals surface area contributed by atoms with Gasteiger partial charge in [-0.2, -0.15) is 0 Å². The summed E-state index contributed by atoms with van der Waals surface area (Å²) in [6, 6.07) is 5.69. The Morgan fingerprint density at radius 2 is 1.52 bits per heavy atom. The average molecular weight is 328 g/mol. The van der Waals surface area contributed by atoms with E-state index in [0.29, 0.717) is 10.0 Å². The number of hydrogen-bond acceptors (Lipinski definition) is 2. The SMILES string of the molecule is O=C(N1CCCC1)N1CCN(c2cc(Cl)ccc2Cl)CC1. The standard InChI is InChI=1S/C15H19Cl2N3O/c16-12-3-4-13(17)14(11-12)18-7-9-20(10-8-18)15(21)19-5-1-2-6-19/h3-4,11H,1-2,5-10H2. The van der Waals surface area contributed by atoms with Gasteiger partial charge in [-0.3, -0.25) is 0 Å². The van der Waals surface area contributed by atoms with Crippen molar-refractivity contribution < 1.29 is 4.79 Å². The summed E-state index contributed by atoms with van der Waals surface area (Å²) in [5.41, 5.74) is 0.956. The highest BCUT2D eigenvalue weighted by molar-refractivity contribution is 6.35. The average Bonchev–Trinajstić information content (AvgIpc) is 3.03. The third kappa shape index (κ3) is 3.22. The molecule has 2 aliphatic heterocycles. The first-order chi connectivity index (χ1) is 10.1. The van der Waals surface area contributed by atoms with Crippen LogP contribution in [0.1, 0.15) is 12.8 Å². The lowest BCUT2D eigenvalue weighted by molar-refractivity contribution is 0.159. The number of urea groups is 1. The van der Waals surface area contributed by atoms with Crippen LogP contribution < -0.4 is 4.90 Å². The second kappa shape index (κ2) is 6.32. The lowest BCUT2D eigenvalue weighted by Gasteiger charge is -2.38. The summed E-state index contributed by atoms with van der Waals surface area (Å²) in [4.78, 5) is 18.5. The first-order valence-electron chi connectivity index (χ1n) is 7.39. The first kappa shape index (κ1) is 14.8. The Morgan fingerprint density at radius 1 is 0.905 bits per heavy atom. The number of piperazine rings is 1. The van der Waals surface area contributed by atoms with Crippen molar-refractivity contribution in [3.63, 3.8) is 0 Å². The molecule has 0 saturated carbocycles. The molecule has 0 atom stereocenters. The Kier molecular flexibility index (Phi) is 4.45. The molecule has 0 spiro atoms. The normalized spacial score (nSPS) is 19.2. The number of nitrogens with zero attached hydrogens (tertiary/aromatic N) is 3. The zero-order valence-electron chi connectivity index (χ0n) is 11.9. The monoisotopic (exact) mass is 327 g/mol. The number of hydrogen-bond donors (Lipinski definition) is 0. The van der Waals surface area contributed by atoms with Crippen LogP contribution in [0.3, 0.4) is 0 Å². The molecule has 0 N–H and O–H groups in total. The lowest BCUT2D eigenvalue weighted by Crippen LogP contribution is -2.52. The molecule has 0 aliphatic carbocycles. The van der Waals surface area contributed by atoms with Gasteiger partial charge in [0.2, 0.25) is 0 Å². The zero-order valence-corrected chi connectivity index (χ0v) is 13.4. The van der Waals surface area contributed by atoms with Crippen molar-refractivity contribution >= 4 is 34.9 Å². The van der Waals surface area contributed by atoms with E-state index in [1.807, 2.05) is 21.9 Å². The van der Waals surface area contributed by atoms with E-state index in [1.54, 1.807) is 6.07 Å². The van der Waals surface area contributed by atoms with E-state index in [1.165, 1.54) is 0 Å². The highest BCUT2D eigenvalue weighted by Gasteiger charge is 2.27. The van der Waals surface area contributed by atoms with Gasteiger partial charge >= 0.3 is 6.03 Å². The minimum atomic E-state index is 0.185. The van der Waals surface area contributed by atoms with Crippen LogP contribution in [-0.2, 0) is 0 Å². The van der Waals surface area contributed by atoms with Crippen molar-refractivity contribution in [3.8, 4) is 0 Å². The summed E-state index contributed by atoms with van der Waals surface area (Å²) in [5.74, 6) is 0. The van der Waals surface area contributed by atoms with Crippen LogP contribution in [0.25, 0.3) is 0 Å². The molecule has 6 heteroatoms. The fraction of sp³-hybridized carbons (Fsp3) is 0.533. The van der Waals surface area contributed by atoms with Crippen molar-refractivity contribution in [3.05, 3.63) is 28.2 Å². The molecule has 114 valence electrons. The molecule has 21 heavy (non-hydrogen) atoms. The van der Waals surface area contributed by atoms with Crippen LogP contribution in [0.4, 0.5) is 10.5 Å². The van der Waals surface area contributed by atoms with Gasteiger partial charge in [0.1, 0.15) is 0 Å². The maximum absolute atomic E-state index is 12.4. The highest BCUT2D eigenvalue weighted by Crippen LogP contribution is 2.29. The van der Waals surface area contributed by atoms with Gasteiger partial charge in [-0.15, -0.1) is 0 Å². The number of benzene rings is 1. The molecule has 0 radical (unpaired) electrons. The zero-order chi connectivity index (χ0) is 14.8. The van der Waals surface area contributed by atoms with E-state index >= 15 is 0 Å². The molecule has 2 heterocycles. The van der Waals surface area contributed by atoms with Crippen LogP contribution in [0.5, 0.6) is 0 Å². The summed E-state index contributed by atoms with van der Waals surface area (Å²) < 4.78 is 0. The smallest absolute Gasteiger partial charge is 0.320 e. The van der Waals surface area contributed by atoms with Gasteiger partial charge in [-0.25, -0.2) is 4.79 Å². The van der Waals surface area contributed by atoms with Crippen molar-refractivity contribution in [1.82, 2.24) is 9.80 Å². The molecule has 4 nitrogen and oxygen atoms in total. The van der Waals surface area contributed by atoms with Gasteiger partial charge in [0, 0.05) is 44.3 Å². The Hall–Kier alpha value is -1.13. The van der Waals surface area contributed by atoms with E-state index in [-0.39, 0.29) is 6.03 Å². The summed E-state index contributed by atoms with van der Waals surface area (Å²) in [7, 11) is 0. The van der Waals surface area contributed by atoms with Crippen LogP contribution in [0.15, 0.2) is 18.2 Å². The molecule has 2 saturated heterocycles. The predicted octanol–water partition coefficient (Wildman–Crippen LogP) is 3.33. The molecule has 3 rings (SSSR count). The largest absolute Gasteiger partial charge is 0.367 e. The second-order valence-electron chi connectivity index (χ2n) is 5.55. The third-order valence-electron chi connectivity index (χ3n) is 4.18. The lowest BCUT2D eigenvalue weighted by atomic mass is 10.2. The fourth-order valence-electron chi connectivity index (χ4n) is 2.98. The van der Waals surface area contributed by atoms with E-state index in [4.69, 9.17) is 23.2 Å².